The summed E-state index contributed by atoms with van der Waals surface area (Å²) in [5, 5.41) is 12.6. The van der Waals surface area contributed by atoms with Gasteiger partial charge in [0.25, 0.3) is 0 Å². The molecule has 0 unspecified atom stereocenters. The number of piperidine rings is 1. The molecule has 5 nitrogen and oxygen atoms in total. The number of carbonyl (C=O) groups is 1. The number of hydrogen-bond acceptors (Lipinski definition) is 5. The Hall–Kier alpha value is -2.64. The Morgan fingerprint density at radius 1 is 1.17 bits per heavy atom. The van der Waals surface area contributed by atoms with E-state index in [1.54, 1.807) is 12.1 Å². The molecule has 0 radical (unpaired) electrons. The van der Waals surface area contributed by atoms with E-state index in [9.17, 15) is 9.18 Å². The van der Waals surface area contributed by atoms with Gasteiger partial charge in [0.15, 0.2) is 0 Å². The van der Waals surface area contributed by atoms with Crippen LogP contribution in [-0.4, -0.2) is 34.1 Å². The van der Waals surface area contributed by atoms with E-state index in [0.29, 0.717) is 11.7 Å². The summed E-state index contributed by atoms with van der Waals surface area (Å²) in [6.07, 6.45) is 1.82. The van der Waals surface area contributed by atoms with Crippen LogP contribution >= 0.6 is 11.3 Å². The molecular formula is C22H23FN4OS. The van der Waals surface area contributed by atoms with Gasteiger partial charge in [-0.05, 0) is 44.0 Å². The molecule has 0 saturated carbocycles. The Morgan fingerprint density at radius 2 is 1.93 bits per heavy atom. The van der Waals surface area contributed by atoms with Gasteiger partial charge in [-0.1, -0.05) is 53.3 Å². The van der Waals surface area contributed by atoms with Crippen molar-refractivity contribution in [1.29, 1.82) is 0 Å². The van der Waals surface area contributed by atoms with Gasteiger partial charge in [0.05, 0.1) is 5.92 Å². The number of aromatic nitrogens is 2. The number of nitrogens with one attached hydrogen (secondary N) is 1. The van der Waals surface area contributed by atoms with E-state index in [-0.39, 0.29) is 17.6 Å². The minimum atomic E-state index is -0.230. The highest BCUT2D eigenvalue weighted by Crippen LogP contribution is 2.27. The van der Waals surface area contributed by atoms with Gasteiger partial charge in [0.2, 0.25) is 11.0 Å². The number of rotatable bonds is 5. The number of amides is 1. The van der Waals surface area contributed by atoms with Crippen molar-refractivity contribution in [1.82, 2.24) is 15.1 Å². The fourth-order valence-electron chi connectivity index (χ4n) is 3.56. The number of anilines is 1. The summed E-state index contributed by atoms with van der Waals surface area (Å²) in [7, 11) is 0. The van der Waals surface area contributed by atoms with Crippen LogP contribution in [0.2, 0.25) is 0 Å². The van der Waals surface area contributed by atoms with Crippen molar-refractivity contribution in [2.75, 3.05) is 18.4 Å². The predicted molar refractivity (Wildman–Crippen MR) is 113 cm³/mol. The Labute approximate surface area is 173 Å². The molecule has 2 aromatic carbocycles. The second-order valence-corrected chi connectivity index (χ2v) is 8.45. The number of aryl methyl sites for hydroxylation is 1. The summed E-state index contributed by atoms with van der Waals surface area (Å²) in [6, 6.07) is 14.6. The molecule has 29 heavy (non-hydrogen) atoms. The number of likely N-dealkylation sites (tertiary alicyclic amines) is 1. The maximum Gasteiger partial charge on any atom is 0.230 e. The number of nitrogens with zero attached hydrogens (tertiary/aromatic N) is 3. The summed E-state index contributed by atoms with van der Waals surface area (Å²) in [6.45, 7) is 4.39. The minimum absolute atomic E-state index is 0.0135. The van der Waals surface area contributed by atoms with Crippen LogP contribution in [0.3, 0.4) is 0 Å². The van der Waals surface area contributed by atoms with Crippen LogP contribution in [0.5, 0.6) is 0 Å². The lowest BCUT2D eigenvalue weighted by molar-refractivity contribution is -0.121. The van der Waals surface area contributed by atoms with E-state index in [2.05, 4.69) is 20.4 Å². The number of halogens is 1. The summed E-state index contributed by atoms with van der Waals surface area (Å²) in [5.74, 6) is -0.331. The van der Waals surface area contributed by atoms with Gasteiger partial charge in [-0.15, -0.1) is 10.2 Å². The molecule has 0 bridgehead atoms. The van der Waals surface area contributed by atoms with Crippen LogP contribution in [0.4, 0.5) is 9.52 Å². The molecule has 1 atom stereocenters. The first-order valence-corrected chi connectivity index (χ1v) is 10.6. The van der Waals surface area contributed by atoms with Crippen molar-refractivity contribution in [3.05, 3.63) is 65.5 Å². The van der Waals surface area contributed by atoms with E-state index in [1.165, 1.54) is 29.0 Å². The molecule has 3 aromatic rings. The Morgan fingerprint density at radius 3 is 2.69 bits per heavy atom. The SMILES string of the molecule is Cc1ccc(-c2nnc(NC(=O)[C@H]3CCCN(Cc4ccc(F)cc4)C3)s2)cc1. The van der Waals surface area contributed by atoms with Gasteiger partial charge >= 0.3 is 0 Å². The van der Waals surface area contributed by atoms with Crippen molar-refractivity contribution in [3.8, 4) is 10.6 Å². The van der Waals surface area contributed by atoms with Gasteiger partial charge in [-0.3, -0.25) is 9.69 Å². The highest BCUT2D eigenvalue weighted by molar-refractivity contribution is 7.18. The van der Waals surface area contributed by atoms with E-state index in [0.717, 1.165) is 42.1 Å². The minimum Gasteiger partial charge on any atom is -0.300 e. The summed E-state index contributed by atoms with van der Waals surface area (Å²) in [5.41, 5.74) is 3.24. The van der Waals surface area contributed by atoms with Gasteiger partial charge in [-0.2, -0.15) is 0 Å². The first-order chi connectivity index (χ1) is 14.1. The number of carbonyl (C=O) groups excluding carboxylic acids is 1. The lowest BCUT2D eigenvalue weighted by Crippen LogP contribution is -2.40. The van der Waals surface area contributed by atoms with Crippen molar-refractivity contribution in [3.63, 3.8) is 0 Å². The third-order valence-electron chi connectivity index (χ3n) is 5.15. The summed E-state index contributed by atoms with van der Waals surface area (Å²) < 4.78 is 13.1. The zero-order valence-electron chi connectivity index (χ0n) is 16.3. The summed E-state index contributed by atoms with van der Waals surface area (Å²) in [4.78, 5) is 15.0. The van der Waals surface area contributed by atoms with E-state index < -0.39 is 0 Å². The molecule has 0 aliphatic carbocycles. The fraction of sp³-hybridized carbons (Fsp3) is 0.318. The van der Waals surface area contributed by atoms with Crippen LogP contribution in [0.15, 0.2) is 48.5 Å². The Bertz CT molecular complexity index is 971. The third kappa shape index (κ3) is 5.05. The van der Waals surface area contributed by atoms with Crippen LogP contribution < -0.4 is 5.32 Å². The van der Waals surface area contributed by atoms with Gasteiger partial charge < -0.3 is 5.32 Å². The van der Waals surface area contributed by atoms with Crippen molar-refractivity contribution < 1.29 is 9.18 Å². The monoisotopic (exact) mass is 410 g/mol. The van der Waals surface area contributed by atoms with E-state index in [1.807, 2.05) is 31.2 Å². The van der Waals surface area contributed by atoms with Crippen LogP contribution in [0.1, 0.15) is 24.0 Å². The van der Waals surface area contributed by atoms with Gasteiger partial charge in [0, 0.05) is 18.7 Å². The molecule has 150 valence electrons. The quantitative estimate of drug-likeness (QED) is 0.673. The highest BCUT2D eigenvalue weighted by Gasteiger charge is 2.26. The first-order valence-electron chi connectivity index (χ1n) is 9.75. The molecule has 7 heteroatoms. The first kappa shape index (κ1) is 19.7. The molecule has 1 aliphatic rings. The Balaban J connectivity index is 1.35. The lowest BCUT2D eigenvalue weighted by atomic mass is 9.97. The highest BCUT2D eigenvalue weighted by atomic mass is 32.1. The van der Waals surface area contributed by atoms with Crippen LogP contribution in [-0.2, 0) is 11.3 Å². The number of hydrogen-bond donors (Lipinski definition) is 1. The smallest absolute Gasteiger partial charge is 0.230 e. The Kier molecular flexibility index (Phi) is 5.97. The average molecular weight is 411 g/mol. The van der Waals surface area contributed by atoms with Gasteiger partial charge in [0.1, 0.15) is 10.8 Å². The van der Waals surface area contributed by atoms with Crippen molar-refractivity contribution in [2.24, 2.45) is 5.92 Å². The maximum atomic E-state index is 13.1. The van der Waals surface area contributed by atoms with E-state index >= 15 is 0 Å². The molecule has 2 heterocycles. The van der Waals surface area contributed by atoms with Crippen molar-refractivity contribution in [2.45, 2.75) is 26.3 Å². The van der Waals surface area contributed by atoms with Crippen LogP contribution in [0, 0.1) is 18.7 Å². The predicted octanol–water partition coefficient (Wildman–Crippen LogP) is 4.50. The van der Waals surface area contributed by atoms with Crippen LogP contribution in [0.25, 0.3) is 10.6 Å². The average Bonchev–Trinajstić information content (AvgIpc) is 3.19. The second-order valence-electron chi connectivity index (χ2n) is 7.47. The van der Waals surface area contributed by atoms with E-state index in [4.69, 9.17) is 0 Å². The normalized spacial score (nSPS) is 17.2. The molecule has 1 fully saturated rings. The molecular weight excluding hydrogens is 387 g/mol. The standard InChI is InChI=1S/C22H23FN4OS/c1-15-4-8-17(9-5-15)21-25-26-22(29-21)24-20(28)18-3-2-12-27(14-18)13-16-6-10-19(23)11-7-16/h4-11,18H,2-3,12-14H2,1H3,(H,24,26,28)/t18-/m0/s1. The second kappa shape index (κ2) is 8.80. The molecule has 0 spiro atoms. The molecule has 1 saturated heterocycles. The molecule has 1 aliphatic heterocycles. The largest absolute Gasteiger partial charge is 0.300 e. The third-order valence-corrected chi connectivity index (χ3v) is 6.04. The van der Waals surface area contributed by atoms with Gasteiger partial charge in [-0.25, -0.2) is 4.39 Å². The number of benzene rings is 2. The fourth-order valence-corrected chi connectivity index (χ4v) is 4.31. The molecule has 1 amide bonds. The molecule has 1 N–H and O–H groups in total. The zero-order chi connectivity index (χ0) is 20.2. The lowest BCUT2D eigenvalue weighted by Gasteiger charge is -2.31. The molecule has 1 aromatic heterocycles. The van der Waals surface area contributed by atoms with Crippen molar-refractivity contribution >= 4 is 22.4 Å². The topological polar surface area (TPSA) is 58.1 Å². The molecule has 4 rings (SSSR count). The summed E-state index contributed by atoms with van der Waals surface area (Å²) >= 11 is 1.39. The maximum absolute atomic E-state index is 13.1. The zero-order valence-corrected chi connectivity index (χ0v) is 17.1.